The quantitative estimate of drug-likeness (QED) is 0.489. The molecule has 0 saturated heterocycles. The number of nitrogens with zero attached hydrogens (tertiary/aromatic N) is 4. The van der Waals surface area contributed by atoms with Crippen molar-refractivity contribution in [2.24, 2.45) is 0 Å². The summed E-state index contributed by atoms with van der Waals surface area (Å²) in [5.41, 5.74) is 0.394. The Kier molecular flexibility index (Phi) is 5.21. The van der Waals surface area contributed by atoms with Crippen LogP contribution < -0.4 is 5.56 Å². The van der Waals surface area contributed by atoms with Gasteiger partial charge in [0.05, 0.1) is 17.5 Å². The highest BCUT2D eigenvalue weighted by molar-refractivity contribution is 7.99. The summed E-state index contributed by atoms with van der Waals surface area (Å²) in [6, 6.07) is 16.9. The first-order chi connectivity index (χ1) is 13.9. The number of rotatable bonds is 6. The molecule has 148 valence electrons. The van der Waals surface area contributed by atoms with Gasteiger partial charge in [0, 0.05) is 11.1 Å². The third kappa shape index (κ3) is 4.38. The number of aromatic nitrogens is 4. The van der Waals surface area contributed by atoms with E-state index in [0.29, 0.717) is 34.0 Å². The highest BCUT2D eigenvalue weighted by Gasteiger charge is 2.20. The largest absolute Gasteiger partial charge is 0.410 e. The molecule has 2 aromatic heterocycles. The van der Waals surface area contributed by atoms with E-state index < -0.39 is 5.60 Å². The molecule has 2 aromatic carbocycles. The summed E-state index contributed by atoms with van der Waals surface area (Å²) in [5.74, 6) is 0.650. The van der Waals surface area contributed by atoms with Crippen molar-refractivity contribution in [2.75, 3.05) is 5.75 Å². The number of thioether (sulfide) groups is 1. The highest BCUT2D eigenvalue weighted by atomic mass is 32.2. The van der Waals surface area contributed by atoms with Gasteiger partial charge in [-0.2, -0.15) is 5.10 Å². The molecule has 7 nitrogen and oxygen atoms in total. The van der Waals surface area contributed by atoms with Gasteiger partial charge in [-0.3, -0.25) is 4.79 Å². The van der Waals surface area contributed by atoms with Crippen molar-refractivity contribution in [1.29, 1.82) is 0 Å². The predicted molar refractivity (Wildman–Crippen MR) is 112 cm³/mol. The van der Waals surface area contributed by atoms with E-state index in [1.54, 1.807) is 19.9 Å². The molecule has 1 N–H and O–H groups in total. The molecule has 0 saturated carbocycles. The zero-order valence-corrected chi connectivity index (χ0v) is 16.9. The summed E-state index contributed by atoms with van der Waals surface area (Å²) < 4.78 is 7.19. The van der Waals surface area contributed by atoms with Crippen LogP contribution in [-0.2, 0) is 6.54 Å². The minimum atomic E-state index is -0.854. The van der Waals surface area contributed by atoms with Gasteiger partial charge in [-0.05, 0) is 25.5 Å². The third-order valence-corrected chi connectivity index (χ3v) is 5.46. The molecule has 0 radical (unpaired) electrons. The average molecular weight is 408 g/mol. The smallest absolute Gasteiger partial charge is 0.277 e. The van der Waals surface area contributed by atoms with Crippen molar-refractivity contribution in [3.63, 3.8) is 0 Å². The normalized spacial score (nSPS) is 11.8. The summed E-state index contributed by atoms with van der Waals surface area (Å²) in [6.07, 6.45) is 0. The van der Waals surface area contributed by atoms with Crippen LogP contribution in [0.25, 0.3) is 22.4 Å². The van der Waals surface area contributed by atoms with E-state index in [-0.39, 0.29) is 11.4 Å². The maximum absolute atomic E-state index is 12.9. The number of aliphatic hydroxyl groups is 1. The van der Waals surface area contributed by atoms with Crippen molar-refractivity contribution in [3.05, 3.63) is 70.5 Å². The zero-order valence-electron chi connectivity index (χ0n) is 16.1. The Morgan fingerprint density at radius 1 is 1.03 bits per heavy atom. The van der Waals surface area contributed by atoms with Gasteiger partial charge >= 0.3 is 0 Å². The second-order valence-electron chi connectivity index (χ2n) is 7.32. The van der Waals surface area contributed by atoms with Crippen molar-refractivity contribution >= 4 is 22.5 Å². The number of fused-ring (bicyclic) bond motifs is 1. The van der Waals surface area contributed by atoms with Crippen LogP contribution >= 0.6 is 11.8 Å². The molecule has 29 heavy (non-hydrogen) atoms. The molecule has 4 rings (SSSR count). The molecule has 0 spiro atoms. The lowest BCUT2D eigenvalue weighted by molar-refractivity contribution is 0.106. The van der Waals surface area contributed by atoms with Crippen molar-refractivity contribution in [3.8, 4) is 11.6 Å². The van der Waals surface area contributed by atoms with Crippen LogP contribution in [0.3, 0.4) is 0 Å². The van der Waals surface area contributed by atoms with Crippen LogP contribution in [0, 0.1) is 0 Å². The molecule has 0 amide bonds. The first-order valence-electron chi connectivity index (χ1n) is 9.13. The Balaban J connectivity index is 1.77. The summed E-state index contributed by atoms with van der Waals surface area (Å²) in [6.45, 7) is 3.77. The van der Waals surface area contributed by atoms with Gasteiger partial charge < -0.3 is 9.52 Å². The first kappa shape index (κ1) is 19.4. The van der Waals surface area contributed by atoms with E-state index in [9.17, 15) is 9.90 Å². The number of hydrogen-bond acceptors (Lipinski definition) is 7. The summed E-state index contributed by atoms with van der Waals surface area (Å²) >= 11 is 1.27. The van der Waals surface area contributed by atoms with Gasteiger partial charge in [-0.25, -0.2) is 4.68 Å². The average Bonchev–Trinajstić information content (AvgIpc) is 3.18. The van der Waals surface area contributed by atoms with Gasteiger partial charge in [0.2, 0.25) is 0 Å². The van der Waals surface area contributed by atoms with Crippen molar-refractivity contribution < 1.29 is 9.52 Å². The Morgan fingerprint density at radius 2 is 1.72 bits per heavy atom. The number of benzene rings is 2. The molecule has 8 heteroatoms. The Hall–Kier alpha value is -2.97. The van der Waals surface area contributed by atoms with Gasteiger partial charge in [0.25, 0.3) is 16.7 Å². The van der Waals surface area contributed by atoms with E-state index >= 15 is 0 Å². The van der Waals surface area contributed by atoms with Gasteiger partial charge in [-0.15, -0.1) is 10.2 Å². The third-order valence-electron chi connectivity index (χ3n) is 4.20. The monoisotopic (exact) mass is 408 g/mol. The van der Waals surface area contributed by atoms with Crippen LogP contribution in [-0.4, -0.2) is 36.4 Å². The van der Waals surface area contributed by atoms with Crippen molar-refractivity contribution in [2.45, 2.75) is 31.2 Å². The lowest BCUT2D eigenvalue weighted by atomic mass is 10.1. The van der Waals surface area contributed by atoms with Crippen LogP contribution in [0.2, 0.25) is 0 Å². The molecule has 0 aliphatic carbocycles. The van der Waals surface area contributed by atoms with E-state index in [1.807, 2.05) is 48.5 Å². The van der Waals surface area contributed by atoms with Crippen LogP contribution in [0.1, 0.15) is 19.4 Å². The Bertz CT molecular complexity index is 1200. The summed E-state index contributed by atoms with van der Waals surface area (Å²) in [7, 11) is 0. The fourth-order valence-corrected chi connectivity index (χ4v) is 3.57. The zero-order chi connectivity index (χ0) is 20.4. The standard InChI is InChI=1S/C21H20N4O3S/c1-21(2,27)13-29-20-23-22-18(28-20)17-15-10-6-7-11-16(15)19(26)25(24-17)12-14-8-4-3-5-9-14/h3-11,27H,12-13H2,1-2H3. The molecular formula is C21H20N4O3S. The van der Waals surface area contributed by atoms with E-state index in [1.165, 1.54) is 16.4 Å². The van der Waals surface area contributed by atoms with Gasteiger partial charge in [0.15, 0.2) is 5.69 Å². The van der Waals surface area contributed by atoms with Crippen LogP contribution in [0.4, 0.5) is 0 Å². The molecule has 2 heterocycles. The van der Waals surface area contributed by atoms with Crippen molar-refractivity contribution in [1.82, 2.24) is 20.0 Å². The Morgan fingerprint density at radius 3 is 2.45 bits per heavy atom. The number of hydrogen-bond donors (Lipinski definition) is 1. The molecule has 0 atom stereocenters. The fraction of sp³-hybridized carbons (Fsp3) is 0.238. The molecule has 0 fully saturated rings. The molecule has 4 aromatic rings. The minimum absolute atomic E-state index is 0.177. The van der Waals surface area contributed by atoms with E-state index in [4.69, 9.17) is 4.42 Å². The van der Waals surface area contributed by atoms with E-state index in [2.05, 4.69) is 15.3 Å². The summed E-state index contributed by atoms with van der Waals surface area (Å²) in [4.78, 5) is 12.9. The lowest BCUT2D eigenvalue weighted by Crippen LogP contribution is -2.24. The van der Waals surface area contributed by atoms with Gasteiger partial charge in [0.1, 0.15) is 0 Å². The maximum Gasteiger partial charge on any atom is 0.277 e. The lowest BCUT2D eigenvalue weighted by Gasteiger charge is -2.14. The molecule has 0 unspecified atom stereocenters. The first-order valence-corrected chi connectivity index (χ1v) is 10.1. The topological polar surface area (TPSA) is 94.0 Å². The fourth-order valence-electron chi connectivity index (χ4n) is 2.86. The SMILES string of the molecule is CC(C)(O)CSc1nnc(-c2nn(Cc3ccccc3)c(=O)c3ccccc23)o1. The highest BCUT2D eigenvalue weighted by Crippen LogP contribution is 2.28. The second-order valence-corrected chi connectivity index (χ2v) is 8.24. The maximum atomic E-state index is 12.9. The molecular weight excluding hydrogens is 388 g/mol. The molecule has 0 aliphatic rings. The van der Waals surface area contributed by atoms with Crippen LogP contribution in [0.15, 0.2) is 69.0 Å². The van der Waals surface area contributed by atoms with E-state index in [0.717, 1.165) is 5.56 Å². The molecule has 0 aliphatic heterocycles. The van der Waals surface area contributed by atoms with Crippen LogP contribution in [0.5, 0.6) is 0 Å². The Labute approximate surface area is 171 Å². The second kappa shape index (κ2) is 7.81. The predicted octanol–water partition coefficient (Wildman–Crippen LogP) is 3.36. The minimum Gasteiger partial charge on any atom is -0.410 e. The summed E-state index contributed by atoms with van der Waals surface area (Å²) in [5, 5.41) is 24.1. The van der Waals surface area contributed by atoms with Gasteiger partial charge in [-0.1, -0.05) is 60.3 Å². The molecule has 0 bridgehead atoms.